The summed E-state index contributed by atoms with van der Waals surface area (Å²) in [6, 6.07) is 1.85. The largest absolute Gasteiger partial charge is 0.433 e. The van der Waals surface area contributed by atoms with Crippen LogP contribution in [0.15, 0.2) is 12.1 Å². The molecular formula is C11H10ClF3N2O3S. The third kappa shape index (κ3) is 3.29. The normalized spacial score (nSPS) is 20.1. The molecule has 1 aromatic heterocycles. The molecule has 1 fully saturated rings. The van der Waals surface area contributed by atoms with Crippen LogP contribution in [0.5, 0.6) is 0 Å². The van der Waals surface area contributed by atoms with Crippen molar-refractivity contribution in [1.82, 2.24) is 4.98 Å². The van der Waals surface area contributed by atoms with Gasteiger partial charge in [0.1, 0.15) is 10.9 Å². The van der Waals surface area contributed by atoms with Gasteiger partial charge in [-0.2, -0.15) is 13.2 Å². The van der Waals surface area contributed by atoms with Gasteiger partial charge in [-0.1, -0.05) is 0 Å². The van der Waals surface area contributed by atoms with Gasteiger partial charge in [0.2, 0.25) is 15.0 Å². The number of carbonyl (C=O) groups excluding carboxylic acids is 1. The monoisotopic (exact) mass is 342 g/mol. The van der Waals surface area contributed by atoms with Crippen molar-refractivity contribution >= 4 is 31.3 Å². The molecule has 0 radical (unpaired) electrons. The molecule has 1 saturated heterocycles. The van der Waals surface area contributed by atoms with Crippen molar-refractivity contribution in [2.24, 2.45) is 0 Å². The van der Waals surface area contributed by atoms with Gasteiger partial charge in [-0.15, -0.1) is 0 Å². The minimum Gasteiger partial charge on any atom is -0.309 e. The number of aromatic nitrogens is 1. The zero-order chi connectivity index (χ0) is 16.0. The molecule has 1 atom stereocenters. The molecule has 10 heteroatoms. The molecule has 0 saturated carbocycles. The van der Waals surface area contributed by atoms with Crippen LogP contribution in [0, 0.1) is 6.92 Å². The summed E-state index contributed by atoms with van der Waals surface area (Å²) in [5, 5.41) is -1.08. The lowest BCUT2D eigenvalue weighted by atomic mass is 10.2. The SMILES string of the molecule is Cc1nc(C(F)(F)F)ccc1N1CC(S(=O)(=O)Cl)CC1=O. The van der Waals surface area contributed by atoms with Gasteiger partial charge < -0.3 is 4.90 Å². The van der Waals surface area contributed by atoms with E-state index in [1.54, 1.807) is 0 Å². The standard InChI is InChI=1S/C11H10ClF3N2O3S/c1-6-8(2-3-9(16-6)11(13,14)15)17-5-7(4-10(17)18)21(12,19)20/h2-3,7H,4-5H2,1H3. The van der Waals surface area contributed by atoms with E-state index in [9.17, 15) is 26.4 Å². The second-order valence-electron chi connectivity index (χ2n) is 4.60. The highest BCUT2D eigenvalue weighted by atomic mass is 35.7. The van der Waals surface area contributed by atoms with Crippen LogP contribution in [-0.2, 0) is 20.0 Å². The Bertz CT molecular complexity index is 690. The van der Waals surface area contributed by atoms with E-state index < -0.39 is 32.1 Å². The van der Waals surface area contributed by atoms with Crippen molar-refractivity contribution in [2.75, 3.05) is 11.4 Å². The summed E-state index contributed by atoms with van der Waals surface area (Å²) in [6.45, 7) is 1.12. The molecule has 0 spiro atoms. The van der Waals surface area contributed by atoms with E-state index >= 15 is 0 Å². The molecular weight excluding hydrogens is 333 g/mol. The molecule has 0 N–H and O–H groups in total. The quantitative estimate of drug-likeness (QED) is 0.772. The molecule has 2 heterocycles. The van der Waals surface area contributed by atoms with Crippen molar-refractivity contribution < 1.29 is 26.4 Å². The lowest BCUT2D eigenvalue weighted by Crippen LogP contribution is -2.28. The summed E-state index contributed by atoms with van der Waals surface area (Å²) in [4.78, 5) is 16.3. The Kier molecular flexibility index (Phi) is 3.92. The number of rotatable bonds is 2. The summed E-state index contributed by atoms with van der Waals surface area (Å²) in [6.07, 6.45) is -4.88. The zero-order valence-electron chi connectivity index (χ0n) is 10.7. The number of pyridine rings is 1. The maximum Gasteiger partial charge on any atom is 0.433 e. The van der Waals surface area contributed by atoms with Gasteiger partial charge >= 0.3 is 6.18 Å². The highest BCUT2D eigenvalue weighted by Crippen LogP contribution is 2.32. The summed E-state index contributed by atoms with van der Waals surface area (Å²) < 4.78 is 60.1. The second kappa shape index (κ2) is 5.13. The predicted octanol–water partition coefficient (Wildman–Crippen LogP) is 2.08. The first-order valence-corrected chi connectivity index (χ1v) is 8.16. The average Bonchev–Trinajstić information content (AvgIpc) is 2.70. The summed E-state index contributed by atoms with van der Waals surface area (Å²) >= 11 is 0. The van der Waals surface area contributed by atoms with Crippen molar-refractivity contribution in [3.8, 4) is 0 Å². The third-order valence-corrected chi connectivity index (χ3v) is 4.99. The first kappa shape index (κ1) is 16.0. The molecule has 1 amide bonds. The van der Waals surface area contributed by atoms with Crippen LogP contribution in [0.3, 0.4) is 0 Å². The summed E-state index contributed by atoms with van der Waals surface area (Å²) in [7, 11) is 1.30. The van der Waals surface area contributed by atoms with Crippen LogP contribution in [0.4, 0.5) is 18.9 Å². The van der Waals surface area contributed by atoms with E-state index in [1.165, 1.54) is 6.92 Å². The molecule has 1 unspecified atom stereocenters. The van der Waals surface area contributed by atoms with Crippen LogP contribution in [0.2, 0.25) is 0 Å². The zero-order valence-corrected chi connectivity index (χ0v) is 12.3. The fraction of sp³-hybridized carbons (Fsp3) is 0.455. The molecule has 21 heavy (non-hydrogen) atoms. The van der Waals surface area contributed by atoms with E-state index in [4.69, 9.17) is 10.7 Å². The number of nitrogens with zero attached hydrogens (tertiary/aromatic N) is 2. The van der Waals surface area contributed by atoms with E-state index in [-0.39, 0.29) is 24.3 Å². The first-order valence-electron chi connectivity index (χ1n) is 5.79. The Labute approximate surface area is 123 Å². The Hall–Kier alpha value is -1.35. The van der Waals surface area contributed by atoms with E-state index in [0.29, 0.717) is 0 Å². The molecule has 2 rings (SSSR count). The van der Waals surface area contributed by atoms with Gasteiger partial charge in [-0.05, 0) is 19.1 Å². The Morgan fingerprint density at radius 3 is 2.43 bits per heavy atom. The Morgan fingerprint density at radius 2 is 2.00 bits per heavy atom. The van der Waals surface area contributed by atoms with Gasteiger partial charge in [0.05, 0.1) is 11.4 Å². The Morgan fingerprint density at radius 1 is 1.38 bits per heavy atom. The van der Waals surface area contributed by atoms with E-state index in [0.717, 1.165) is 17.0 Å². The summed E-state index contributed by atoms with van der Waals surface area (Å²) in [5.41, 5.74) is -0.932. The smallest absolute Gasteiger partial charge is 0.309 e. The number of anilines is 1. The maximum absolute atomic E-state index is 12.5. The number of alkyl halides is 3. The highest BCUT2D eigenvalue weighted by Gasteiger charge is 2.39. The van der Waals surface area contributed by atoms with Crippen molar-refractivity contribution in [2.45, 2.75) is 24.8 Å². The van der Waals surface area contributed by atoms with Crippen molar-refractivity contribution in [3.63, 3.8) is 0 Å². The van der Waals surface area contributed by atoms with Crippen LogP contribution in [0.25, 0.3) is 0 Å². The number of aryl methyl sites for hydroxylation is 1. The third-order valence-electron chi connectivity index (χ3n) is 3.13. The van der Waals surface area contributed by atoms with E-state index in [1.807, 2.05) is 0 Å². The molecule has 5 nitrogen and oxygen atoms in total. The van der Waals surface area contributed by atoms with Crippen LogP contribution >= 0.6 is 10.7 Å². The number of carbonyl (C=O) groups is 1. The van der Waals surface area contributed by atoms with Gasteiger partial charge in [0.15, 0.2) is 0 Å². The number of amides is 1. The predicted molar refractivity (Wildman–Crippen MR) is 69.5 cm³/mol. The lowest BCUT2D eigenvalue weighted by Gasteiger charge is -2.19. The van der Waals surface area contributed by atoms with Gasteiger partial charge in [-0.25, -0.2) is 13.4 Å². The highest BCUT2D eigenvalue weighted by molar-refractivity contribution is 8.14. The fourth-order valence-electron chi connectivity index (χ4n) is 2.09. The number of hydrogen-bond donors (Lipinski definition) is 0. The molecule has 0 aliphatic carbocycles. The lowest BCUT2D eigenvalue weighted by molar-refractivity contribution is -0.141. The van der Waals surface area contributed by atoms with Gasteiger partial charge in [0.25, 0.3) is 0 Å². The van der Waals surface area contributed by atoms with Crippen molar-refractivity contribution in [3.05, 3.63) is 23.5 Å². The Balaban J connectivity index is 2.34. The van der Waals surface area contributed by atoms with Gasteiger partial charge in [-0.3, -0.25) is 4.79 Å². The number of hydrogen-bond acceptors (Lipinski definition) is 4. The second-order valence-corrected chi connectivity index (χ2v) is 7.51. The van der Waals surface area contributed by atoms with Gasteiger partial charge in [0, 0.05) is 23.6 Å². The topological polar surface area (TPSA) is 67.3 Å². The molecule has 116 valence electrons. The molecule has 1 aromatic rings. The summed E-state index contributed by atoms with van der Waals surface area (Å²) in [5.74, 6) is -0.520. The molecule has 0 aromatic carbocycles. The number of halogens is 4. The molecule has 1 aliphatic heterocycles. The maximum atomic E-state index is 12.5. The fourth-order valence-corrected chi connectivity index (χ4v) is 3.12. The van der Waals surface area contributed by atoms with E-state index in [2.05, 4.69) is 4.98 Å². The minimum absolute atomic E-state index is 0.00852. The first-order chi connectivity index (χ1) is 9.50. The molecule has 1 aliphatic rings. The molecule has 0 bridgehead atoms. The average molecular weight is 343 g/mol. The van der Waals surface area contributed by atoms with Crippen LogP contribution in [0.1, 0.15) is 17.8 Å². The van der Waals surface area contributed by atoms with Crippen molar-refractivity contribution in [1.29, 1.82) is 0 Å². The van der Waals surface area contributed by atoms with Crippen LogP contribution in [-0.4, -0.2) is 31.1 Å². The van der Waals surface area contributed by atoms with Crippen LogP contribution < -0.4 is 4.90 Å². The minimum atomic E-state index is -4.58.